The second-order valence-corrected chi connectivity index (χ2v) is 6.62. The molecule has 8 heteroatoms. The fraction of sp³-hybridized carbons (Fsp3) is 0.286. The Bertz CT molecular complexity index is 1050. The van der Waals surface area contributed by atoms with Gasteiger partial charge in [0.15, 0.2) is 17.3 Å². The normalized spacial score (nSPS) is 11.1. The molecule has 0 amide bonds. The van der Waals surface area contributed by atoms with Gasteiger partial charge in [0, 0.05) is 0 Å². The molecule has 152 valence electrons. The van der Waals surface area contributed by atoms with E-state index in [0.717, 1.165) is 18.4 Å². The van der Waals surface area contributed by atoms with Crippen LogP contribution >= 0.6 is 12.2 Å². The fourth-order valence-corrected chi connectivity index (χ4v) is 2.84. The number of aromatic nitrogens is 3. The van der Waals surface area contributed by atoms with Crippen LogP contribution in [0.15, 0.2) is 47.6 Å². The molecule has 3 rings (SSSR count). The summed E-state index contributed by atoms with van der Waals surface area (Å²) in [4.78, 5) is 0. The third-order valence-electron chi connectivity index (χ3n) is 4.11. The smallest absolute Gasteiger partial charge is 0.216 e. The van der Waals surface area contributed by atoms with Crippen molar-refractivity contribution in [2.75, 3.05) is 13.2 Å². The lowest BCUT2D eigenvalue weighted by molar-refractivity contribution is 0.272. The van der Waals surface area contributed by atoms with E-state index in [-0.39, 0.29) is 4.77 Å². The SMILES string of the molecule is CCCCOc1ccc(/C=N\n2c(-c3ccccc3F)n[nH]c2=S)cc1OCC. The summed E-state index contributed by atoms with van der Waals surface area (Å²) in [6, 6.07) is 11.9. The molecule has 0 atom stereocenters. The molecule has 0 radical (unpaired) electrons. The van der Waals surface area contributed by atoms with Crippen molar-refractivity contribution in [3.05, 3.63) is 58.6 Å². The van der Waals surface area contributed by atoms with Gasteiger partial charge in [0.25, 0.3) is 0 Å². The van der Waals surface area contributed by atoms with Crippen LogP contribution in [0.3, 0.4) is 0 Å². The first-order valence-electron chi connectivity index (χ1n) is 9.50. The van der Waals surface area contributed by atoms with E-state index in [0.29, 0.717) is 36.1 Å². The maximum atomic E-state index is 14.2. The third kappa shape index (κ3) is 5.08. The van der Waals surface area contributed by atoms with Gasteiger partial charge in [-0.3, -0.25) is 0 Å². The second-order valence-electron chi connectivity index (χ2n) is 6.23. The highest BCUT2D eigenvalue weighted by Crippen LogP contribution is 2.28. The van der Waals surface area contributed by atoms with E-state index in [4.69, 9.17) is 21.7 Å². The monoisotopic (exact) mass is 414 g/mol. The van der Waals surface area contributed by atoms with Gasteiger partial charge in [0.05, 0.1) is 25.0 Å². The van der Waals surface area contributed by atoms with Crippen molar-refractivity contribution in [1.29, 1.82) is 0 Å². The number of benzene rings is 2. The van der Waals surface area contributed by atoms with Crippen LogP contribution < -0.4 is 9.47 Å². The summed E-state index contributed by atoms with van der Waals surface area (Å²) in [7, 11) is 0. The van der Waals surface area contributed by atoms with E-state index in [9.17, 15) is 4.39 Å². The lowest BCUT2D eigenvalue weighted by Crippen LogP contribution is -2.01. The lowest BCUT2D eigenvalue weighted by atomic mass is 10.2. The summed E-state index contributed by atoms with van der Waals surface area (Å²) in [5, 5.41) is 11.2. The number of halogens is 1. The number of nitrogens with zero attached hydrogens (tertiary/aromatic N) is 3. The Morgan fingerprint density at radius 2 is 2.00 bits per heavy atom. The average Bonchev–Trinajstić information content (AvgIpc) is 3.09. The molecule has 1 N–H and O–H groups in total. The summed E-state index contributed by atoms with van der Waals surface area (Å²) in [6.07, 6.45) is 3.66. The summed E-state index contributed by atoms with van der Waals surface area (Å²) >= 11 is 5.24. The number of nitrogens with one attached hydrogen (secondary N) is 1. The number of unbranched alkanes of at least 4 members (excludes halogenated alkanes) is 1. The molecule has 0 fully saturated rings. The van der Waals surface area contributed by atoms with Gasteiger partial charge in [-0.15, -0.1) is 0 Å². The number of hydrogen-bond acceptors (Lipinski definition) is 5. The van der Waals surface area contributed by atoms with Crippen LogP contribution in [0.5, 0.6) is 11.5 Å². The van der Waals surface area contributed by atoms with Crippen molar-refractivity contribution in [2.45, 2.75) is 26.7 Å². The molecule has 0 saturated carbocycles. The highest BCUT2D eigenvalue weighted by atomic mass is 32.1. The summed E-state index contributed by atoms with van der Waals surface area (Å²) < 4.78 is 27.3. The van der Waals surface area contributed by atoms with Crippen molar-refractivity contribution in [3.8, 4) is 22.9 Å². The molecule has 1 heterocycles. The molecular weight excluding hydrogens is 391 g/mol. The Hall–Kier alpha value is -3.00. The molecule has 0 spiro atoms. The lowest BCUT2D eigenvalue weighted by Gasteiger charge is -2.12. The maximum absolute atomic E-state index is 14.2. The number of rotatable bonds is 9. The zero-order valence-corrected chi connectivity index (χ0v) is 17.2. The van der Waals surface area contributed by atoms with Gasteiger partial charge in [0.1, 0.15) is 5.82 Å². The standard InChI is InChI=1S/C21H23FN4O2S/c1-3-5-12-28-18-11-10-15(13-19(18)27-4-2)14-23-26-20(24-25-21(26)29)16-8-6-7-9-17(16)22/h6-11,13-14H,3-5,12H2,1-2H3,(H,25,29)/b23-14-. The highest BCUT2D eigenvalue weighted by molar-refractivity contribution is 7.71. The first-order chi connectivity index (χ1) is 14.1. The van der Waals surface area contributed by atoms with Crippen molar-refractivity contribution in [2.24, 2.45) is 5.10 Å². The zero-order valence-electron chi connectivity index (χ0n) is 16.4. The van der Waals surface area contributed by atoms with Crippen molar-refractivity contribution < 1.29 is 13.9 Å². The van der Waals surface area contributed by atoms with E-state index in [2.05, 4.69) is 22.2 Å². The van der Waals surface area contributed by atoms with Gasteiger partial charge in [-0.1, -0.05) is 25.5 Å². The van der Waals surface area contributed by atoms with Crippen LogP contribution in [0.1, 0.15) is 32.3 Å². The second kappa shape index (κ2) is 9.97. The molecule has 0 unspecified atom stereocenters. The first-order valence-corrected chi connectivity index (χ1v) is 9.91. The molecule has 0 bridgehead atoms. The van der Waals surface area contributed by atoms with E-state index in [1.54, 1.807) is 24.4 Å². The topological polar surface area (TPSA) is 64.4 Å². The average molecular weight is 415 g/mol. The highest BCUT2D eigenvalue weighted by Gasteiger charge is 2.12. The van der Waals surface area contributed by atoms with Gasteiger partial charge >= 0.3 is 0 Å². The van der Waals surface area contributed by atoms with Gasteiger partial charge in [0.2, 0.25) is 4.77 Å². The summed E-state index contributed by atoms with van der Waals surface area (Å²) in [5.74, 6) is 1.25. The molecule has 0 aliphatic rings. The molecule has 29 heavy (non-hydrogen) atoms. The quantitative estimate of drug-likeness (QED) is 0.297. The molecule has 1 aromatic heterocycles. The fourth-order valence-electron chi connectivity index (χ4n) is 2.66. The van der Waals surface area contributed by atoms with Gasteiger partial charge < -0.3 is 9.47 Å². The van der Waals surface area contributed by atoms with Gasteiger partial charge in [-0.05, 0) is 61.5 Å². The van der Waals surface area contributed by atoms with E-state index < -0.39 is 5.82 Å². The van der Waals surface area contributed by atoms with E-state index in [1.165, 1.54) is 10.7 Å². The van der Waals surface area contributed by atoms with Crippen LogP contribution in [-0.4, -0.2) is 34.3 Å². The molecule has 0 aliphatic heterocycles. The minimum Gasteiger partial charge on any atom is -0.490 e. The van der Waals surface area contributed by atoms with Crippen LogP contribution in [0, 0.1) is 10.6 Å². The molecular formula is C21H23FN4O2S. The largest absolute Gasteiger partial charge is 0.490 e. The Morgan fingerprint density at radius 1 is 1.17 bits per heavy atom. The molecule has 2 aromatic carbocycles. The Labute approximate surface area is 174 Å². The number of aromatic amines is 1. The third-order valence-corrected chi connectivity index (χ3v) is 4.37. The summed E-state index contributed by atoms with van der Waals surface area (Å²) in [5.41, 5.74) is 1.10. The van der Waals surface area contributed by atoms with E-state index in [1.807, 2.05) is 25.1 Å². The van der Waals surface area contributed by atoms with Crippen LogP contribution in [-0.2, 0) is 0 Å². The van der Waals surface area contributed by atoms with Crippen LogP contribution in [0.4, 0.5) is 4.39 Å². The number of H-pyrrole nitrogens is 1. The summed E-state index contributed by atoms with van der Waals surface area (Å²) in [6.45, 7) is 5.19. The predicted octanol–water partition coefficient (Wildman–Crippen LogP) is 5.21. The van der Waals surface area contributed by atoms with Crippen LogP contribution in [0.2, 0.25) is 0 Å². The Morgan fingerprint density at radius 3 is 2.76 bits per heavy atom. The van der Waals surface area contributed by atoms with Gasteiger partial charge in [-0.2, -0.15) is 14.9 Å². The molecule has 6 nitrogen and oxygen atoms in total. The Balaban J connectivity index is 1.89. The molecule has 0 aliphatic carbocycles. The van der Waals surface area contributed by atoms with Crippen molar-refractivity contribution >= 4 is 18.4 Å². The van der Waals surface area contributed by atoms with E-state index >= 15 is 0 Å². The zero-order chi connectivity index (χ0) is 20.6. The minimum absolute atomic E-state index is 0.268. The van der Waals surface area contributed by atoms with Crippen LogP contribution in [0.25, 0.3) is 11.4 Å². The maximum Gasteiger partial charge on any atom is 0.216 e. The Kier molecular flexibility index (Phi) is 7.13. The van der Waals surface area contributed by atoms with Crippen molar-refractivity contribution in [3.63, 3.8) is 0 Å². The number of hydrogen-bond donors (Lipinski definition) is 1. The molecule has 0 saturated heterocycles. The molecule has 3 aromatic rings. The van der Waals surface area contributed by atoms with Crippen molar-refractivity contribution in [1.82, 2.24) is 14.9 Å². The minimum atomic E-state index is -0.398. The van der Waals surface area contributed by atoms with Gasteiger partial charge in [-0.25, -0.2) is 9.49 Å². The number of ether oxygens (including phenoxy) is 2. The first kappa shape index (κ1) is 20.7. The predicted molar refractivity (Wildman–Crippen MR) is 114 cm³/mol.